The van der Waals surface area contributed by atoms with Crippen molar-refractivity contribution < 1.29 is 9.60 Å². The second-order valence-electron chi connectivity index (χ2n) is 5.84. The van der Waals surface area contributed by atoms with E-state index in [1.54, 1.807) is 24.5 Å². The largest absolute Gasteiger partial charge is 0.299 e. The predicted molar refractivity (Wildman–Crippen MR) is 104 cm³/mol. The first kappa shape index (κ1) is 17.3. The van der Waals surface area contributed by atoms with E-state index in [4.69, 9.17) is 10.6 Å². The number of imidazole rings is 1. The first-order valence-electron chi connectivity index (χ1n) is 7.95. The van der Waals surface area contributed by atoms with Gasteiger partial charge in [0.15, 0.2) is 0 Å². The third-order valence-corrected chi connectivity index (χ3v) is 4.64. The maximum atomic E-state index is 14.2. The number of hydroxylamine groups is 1. The standard InChI is InChI=1S/C19H13BrFN5O/c20-18-8-14(15(21)9-23-18)11-2-1-3-13(6-11)26-10-24-16-7-12(19(22)25-27)4-5-17(16)26/h1-10,27H,(H2,22,25). The van der Waals surface area contributed by atoms with E-state index in [0.717, 1.165) is 16.8 Å². The molecule has 2 aromatic heterocycles. The fourth-order valence-corrected chi connectivity index (χ4v) is 3.23. The van der Waals surface area contributed by atoms with Gasteiger partial charge in [-0.1, -0.05) is 12.1 Å². The number of nitrogens with zero attached hydrogens (tertiary/aromatic N) is 3. The third kappa shape index (κ3) is 3.20. The number of hydrogen-bond donors (Lipinski definition) is 3. The number of benzene rings is 2. The molecule has 3 N–H and O–H groups in total. The van der Waals surface area contributed by atoms with E-state index in [2.05, 4.69) is 25.9 Å². The van der Waals surface area contributed by atoms with Crippen molar-refractivity contribution in [2.45, 2.75) is 0 Å². The minimum Gasteiger partial charge on any atom is -0.299 e. The minimum absolute atomic E-state index is 0.104. The van der Waals surface area contributed by atoms with E-state index < -0.39 is 5.82 Å². The SMILES string of the molecule is N=C(NO)c1ccc2c(c1)ncn2-c1cccc(-c2cc(Br)ncc2F)c1. The molecule has 8 heteroatoms. The molecule has 0 saturated heterocycles. The number of halogens is 2. The molecule has 0 bridgehead atoms. The Morgan fingerprint density at radius 1 is 1.15 bits per heavy atom. The summed E-state index contributed by atoms with van der Waals surface area (Å²) in [6.07, 6.45) is 2.85. The van der Waals surface area contributed by atoms with Gasteiger partial charge in [-0.15, -0.1) is 0 Å². The molecule has 2 aromatic carbocycles. The van der Waals surface area contributed by atoms with Crippen molar-refractivity contribution in [1.29, 1.82) is 5.41 Å². The molecule has 0 aliphatic heterocycles. The molecule has 0 fully saturated rings. The summed E-state index contributed by atoms with van der Waals surface area (Å²) in [4.78, 5) is 8.27. The molecule has 0 spiro atoms. The number of hydrogen-bond acceptors (Lipinski definition) is 4. The highest BCUT2D eigenvalue weighted by Gasteiger charge is 2.11. The summed E-state index contributed by atoms with van der Waals surface area (Å²) in [5, 5.41) is 16.5. The van der Waals surface area contributed by atoms with Gasteiger partial charge in [0.2, 0.25) is 0 Å². The molecule has 2 heterocycles. The third-order valence-electron chi connectivity index (χ3n) is 4.21. The Kier molecular flexibility index (Phi) is 4.43. The highest BCUT2D eigenvalue weighted by Crippen LogP contribution is 2.28. The van der Waals surface area contributed by atoms with Crippen molar-refractivity contribution in [3.8, 4) is 16.8 Å². The molecular weight excluding hydrogens is 413 g/mol. The van der Waals surface area contributed by atoms with Gasteiger partial charge in [0.05, 0.1) is 17.2 Å². The molecule has 0 saturated carbocycles. The quantitative estimate of drug-likeness (QED) is 0.197. The van der Waals surface area contributed by atoms with Gasteiger partial charge in [-0.2, -0.15) is 0 Å². The number of fused-ring (bicyclic) bond motifs is 1. The van der Waals surface area contributed by atoms with Crippen LogP contribution in [0.5, 0.6) is 0 Å². The monoisotopic (exact) mass is 425 g/mol. The predicted octanol–water partition coefficient (Wildman–Crippen LogP) is 4.29. The number of amidine groups is 1. The molecule has 4 rings (SSSR count). The van der Waals surface area contributed by atoms with Crippen LogP contribution >= 0.6 is 15.9 Å². The summed E-state index contributed by atoms with van der Waals surface area (Å²) in [6.45, 7) is 0. The van der Waals surface area contributed by atoms with Crippen LogP contribution in [0.4, 0.5) is 4.39 Å². The van der Waals surface area contributed by atoms with Crippen molar-refractivity contribution >= 4 is 32.8 Å². The minimum atomic E-state index is -0.398. The lowest BCUT2D eigenvalue weighted by atomic mass is 10.1. The number of rotatable bonds is 3. The molecule has 0 unspecified atom stereocenters. The van der Waals surface area contributed by atoms with Gasteiger partial charge in [0.1, 0.15) is 22.6 Å². The van der Waals surface area contributed by atoms with Crippen LogP contribution in [0.15, 0.2) is 65.7 Å². The van der Waals surface area contributed by atoms with Crippen molar-refractivity contribution in [2.75, 3.05) is 0 Å². The molecule has 0 atom stereocenters. The zero-order valence-corrected chi connectivity index (χ0v) is 15.4. The maximum absolute atomic E-state index is 14.2. The summed E-state index contributed by atoms with van der Waals surface area (Å²) in [5.41, 5.74) is 5.85. The van der Waals surface area contributed by atoms with Crippen LogP contribution in [0.25, 0.3) is 27.8 Å². The maximum Gasteiger partial charge on any atom is 0.149 e. The second kappa shape index (κ2) is 6.90. The molecule has 0 aliphatic carbocycles. The van der Waals surface area contributed by atoms with Crippen molar-refractivity contribution in [1.82, 2.24) is 20.0 Å². The Morgan fingerprint density at radius 2 is 2.00 bits per heavy atom. The topological polar surface area (TPSA) is 86.8 Å². The fraction of sp³-hybridized carbons (Fsp3) is 0. The highest BCUT2D eigenvalue weighted by atomic mass is 79.9. The van der Waals surface area contributed by atoms with Crippen molar-refractivity contribution in [2.24, 2.45) is 0 Å². The van der Waals surface area contributed by atoms with Gasteiger partial charge in [-0.05, 0) is 57.9 Å². The van der Waals surface area contributed by atoms with E-state index in [9.17, 15) is 4.39 Å². The lowest BCUT2D eigenvalue weighted by Gasteiger charge is -2.09. The van der Waals surface area contributed by atoms with Gasteiger partial charge < -0.3 is 0 Å². The summed E-state index contributed by atoms with van der Waals surface area (Å²) < 4.78 is 16.6. The van der Waals surface area contributed by atoms with Crippen LogP contribution in [0.2, 0.25) is 0 Å². The van der Waals surface area contributed by atoms with Crippen LogP contribution in [0, 0.1) is 11.2 Å². The first-order valence-corrected chi connectivity index (χ1v) is 8.74. The van der Waals surface area contributed by atoms with Gasteiger partial charge >= 0.3 is 0 Å². The van der Waals surface area contributed by atoms with Crippen molar-refractivity contribution in [3.05, 3.63) is 77.0 Å². The smallest absolute Gasteiger partial charge is 0.149 e. The van der Waals surface area contributed by atoms with Gasteiger partial charge in [-0.3, -0.25) is 20.7 Å². The van der Waals surface area contributed by atoms with Gasteiger partial charge in [0, 0.05) is 16.8 Å². The lowest BCUT2D eigenvalue weighted by Crippen LogP contribution is -2.18. The Hall–Kier alpha value is -3.10. The lowest BCUT2D eigenvalue weighted by molar-refractivity contribution is 0.234. The average Bonchev–Trinajstić information content (AvgIpc) is 3.12. The first-order chi connectivity index (χ1) is 13.1. The van der Waals surface area contributed by atoms with Crippen molar-refractivity contribution in [3.63, 3.8) is 0 Å². The van der Waals surface area contributed by atoms with E-state index in [1.807, 2.05) is 40.4 Å². The van der Waals surface area contributed by atoms with Crippen LogP contribution < -0.4 is 5.48 Å². The molecule has 0 aliphatic rings. The normalized spacial score (nSPS) is 10.9. The molecular formula is C19H13BrFN5O. The average molecular weight is 426 g/mol. The second-order valence-corrected chi connectivity index (χ2v) is 6.65. The number of aromatic nitrogens is 3. The fourth-order valence-electron chi connectivity index (χ4n) is 2.90. The summed E-state index contributed by atoms with van der Waals surface area (Å²) in [7, 11) is 0. The summed E-state index contributed by atoms with van der Waals surface area (Å²) in [5.74, 6) is -0.502. The van der Waals surface area contributed by atoms with E-state index in [-0.39, 0.29) is 5.84 Å². The Morgan fingerprint density at radius 3 is 2.81 bits per heavy atom. The molecule has 0 amide bonds. The van der Waals surface area contributed by atoms with Crippen LogP contribution in [-0.2, 0) is 0 Å². The Labute approximate surface area is 161 Å². The van der Waals surface area contributed by atoms with Gasteiger partial charge in [-0.25, -0.2) is 14.4 Å². The highest BCUT2D eigenvalue weighted by molar-refractivity contribution is 9.10. The van der Waals surface area contributed by atoms with Crippen LogP contribution in [0.1, 0.15) is 5.56 Å². The molecule has 134 valence electrons. The molecule has 4 aromatic rings. The summed E-state index contributed by atoms with van der Waals surface area (Å²) >= 11 is 3.27. The molecule has 6 nitrogen and oxygen atoms in total. The summed E-state index contributed by atoms with van der Waals surface area (Å²) in [6, 6.07) is 14.3. The molecule has 0 radical (unpaired) electrons. The van der Waals surface area contributed by atoms with E-state index >= 15 is 0 Å². The van der Waals surface area contributed by atoms with Gasteiger partial charge in [0.25, 0.3) is 0 Å². The Balaban J connectivity index is 1.80. The zero-order chi connectivity index (χ0) is 19.0. The van der Waals surface area contributed by atoms with E-state index in [0.29, 0.717) is 21.2 Å². The number of pyridine rings is 1. The number of nitrogens with one attached hydrogen (secondary N) is 2. The Bertz CT molecular complexity index is 1170. The van der Waals surface area contributed by atoms with Crippen LogP contribution in [0.3, 0.4) is 0 Å². The van der Waals surface area contributed by atoms with E-state index in [1.165, 1.54) is 6.20 Å². The zero-order valence-electron chi connectivity index (χ0n) is 13.8. The molecule has 27 heavy (non-hydrogen) atoms. The van der Waals surface area contributed by atoms with Crippen LogP contribution in [-0.4, -0.2) is 25.6 Å².